The Morgan fingerprint density at radius 3 is 2.60 bits per heavy atom. The van der Waals surface area contributed by atoms with Crippen molar-refractivity contribution in [2.45, 2.75) is 44.1 Å². The van der Waals surface area contributed by atoms with Crippen LogP contribution >= 0.6 is 0 Å². The molecule has 0 aromatic heterocycles. The molecule has 0 N–H and O–H groups in total. The number of hydrogen-bond acceptors (Lipinski definition) is 2. The van der Waals surface area contributed by atoms with Crippen LogP contribution in [0.25, 0.3) is 0 Å². The molecule has 4 nitrogen and oxygen atoms in total. The zero-order valence-corrected chi connectivity index (χ0v) is 17.7. The molecule has 2 aromatic carbocycles. The largest absolute Gasteiger partial charge is 0.336 e. The van der Waals surface area contributed by atoms with Crippen molar-refractivity contribution < 1.29 is 9.59 Å². The Balaban J connectivity index is 1.80. The summed E-state index contributed by atoms with van der Waals surface area (Å²) >= 11 is 0. The van der Waals surface area contributed by atoms with Gasteiger partial charge in [0, 0.05) is 31.1 Å². The Morgan fingerprint density at radius 2 is 1.87 bits per heavy atom. The number of amides is 2. The Bertz CT molecular complexity index is 939. The van der Waals surface area contributed by atoms with Crippen molar-refractivity contribution in [1.29, 1.82) is 0 Å². The molecule has 2 heterocycles. The quantitative estimate of drug-likeness (QED) is 0.706. The molecule has 0 aliphatic carbocycles. The molecular weight excluding hydrogens is 372 g/mol. The summed E-state index contributed by atoms with van der Waals surface area (Å²) in [4.78, 5) is 30.4. The summed E-state index contributed by atoms with van der Waals surface area (Å²) in [6.45, 7) is 7.62. The third kappa shape index (κ3) is 3.67. The third-order valence-electron chi connectivity index (χ3n) is 6.74. The second-order valence-electron chi connectivity index (χ2n) is 8.63. The minimum atomic E-state index is -0.392. The van der Waals surface area contributed by atoms with E-state index >= 15 is 0 Å². The van der Waals surface area contributed by atoms with Gasteiger partial charge in [0.25, 0.3) is 5.91 Å². The van der Waals surface area contributed by atoms with Gasteiger partial charge in [-0.1, -0.05) is 67.4 Å². The predicted octanol–water partition coefficient (Wildman–Crippen LogP) is 4.56. The van der Waals surface area contributed by atoms with Crippen LogP contribution in [0.5, 0.6) is 0 Å². The first kappa shape index (κ1) is 20.4. The van der Waals surface area contributed by atoms with Crippen molar-refractivity contribution in [2.75, 3.05) is 19.6 Å². The fourth-order valence-corrected chi connectivity index (χ4v) is 5.29. The van der Waals surface area contributed by atoms with Gasteiger partial charge >= 0.3 is 0 Å². The Hall–Kier alpha value is -2.88. The number of benzene rings is 2. The Labute approximate surface area is 179 Å². The zero-order chi connectivity index (χ0) is 21.1. The minimum Gasteiger partial charge on any atom is -0.336 e. The van der Waals surface area contributed by atoms with Crippen LogP contribution in [0.4, 0.5) is 0 Å². The highest BCUT2D eigenvalue weighted by molar-refractivity contribution is 5.95. The number of carbonyl (C=O) groups is 2. The summed E-state index contributed by atoms with van der Waals surface area (Å²) in [5.41, 5.74) is 2.62. The zero-order valence-electron chi connectivity index (χ0n) is 17.7. The van der Waals surface area contributed by atoms with Gasteiger partial charge < -0.3 is 9.80 Å². The standard InChI is InChI=1S/C26H30N2O2/c1-3-24(29)27-18-23(21-12-6-4-7-13-21)26(19-27)15-8-5-9-16-28(26)25(30)22-14-10-11-20(2)17-22/h3-4,6-7,10-14,17,23H,1,5,8-9,15-16,18-19H2,2H3/t23-,26+/m0/s1. The van der Waals surface area contributed by atoms with E-state index < -0.39 is 5.54 Å². The molecular formula is C26H30N2O2. The maximum Gasteiger partial charge on any atom is 0.254 e. The molecule has 2 atom stereocenters. The molecule has 2 saturated heterocycles. The van der Waals surface area contributed by atoms with Crippen LogP contribution in [0.1, 0.15) is 53.1 Å². The van der Waals surface area contributed by atoms with Crippen LogP contribution in [-0.2, 0) is 4.79 Å². The van der Waals surface area contributed by atoms with Crippen LogP contribution in [0.15, 0.2) is 67.3 Å². The van der Waals surface area contributed by atoms with Crippen LogP contribution < -0.4 is 0 Å². The molecule has 1 spiro atoms. The number of hydrogen-bond donors (Lipinski definition) is 0. The lowest BCUT2D eigenvalue weighted by Crippen LogP contribution is -2.56. The summed E-state index contributed by atoms with van der Waals surface area (Å²) in [5.74, 6) is 0.115. The molecule has 4 rings (SSSR count). The maximum atomic E-state index is 13.8. The molecule has 0 saturated carbocycles. The van der Waals surface area contributed by atoms with Gasteiger partial charge in [-0.2, -0.15) is 0 Å². The topological polar surface area (TPSA) is 40.6 Å². The van der Waals surface area contributed by atoms with E-state index in [1.54, 1.807) is 0 Å². The monoisotopic (exact) mass is 402 g/mol. The van der Waals surface area contributed by atoms with Gasteiger partial charge in [0.15, 0.2) is 0 Å². The van der Waals surface area contributed by atoms with Gasteiger partial charge in [-0.15, -0.1) is 0 Å². The van der Waals surface area contributed by atoms with E-state index in [1.165, 1.54) is 11.6 Å². The normalized spacial score (nSPS) is 24.0. The summed E-state index contributed by atoms with van der Waals surface area (Å²) in [7, 11) is 0. The van der Waals surface area contributed by atoms with Gasteiger partial charge in [0.1, 0.15) is 0 Å². The van der Waals surface area contributed by atoms with Crippen LogP contribution in [-0.4, -0.2) is 46.8 Å². The molecule has 156 valence electrons. The van der Waals surface area contributed by atoms with Crippen LogP contribution in [0, 0.1) is 6.92 Å². The molecule has 2 aromatic rings. The van der Waals surface area contributed by atoms with Gasteiger partial charge in [0.2, 0.25) is 5.91 Å². The Morgan fingerprint density at radius 1 is 1.07 bits per heavy atom. The smallest absolute Gasteiger partial charge is 0.254 e. The van der Waals surface area contributed by atoms with Crippen molar-refractivity contribution in [2.24, 2.45) is 0 Å². The van der Waals surface area contributed by atoms with Gasteiger partial charge in [-0.05, 0) is 43.5 Å². The van der Waals surface area contributed by atoms with Gasteiger partial charge in [0.05, 0.1) is 5.54 Å². The molecule has 2 fully saturated rings. The number of aryl methyl sites for hydroxylation is 1. The minimum absolute atomic E-state index is 0.0555. The molecule has 30 heavy (non-hydrogen) atoms. The van der Waals surface area contributed by atoms with Crippen molar-refractivity contribution in [3.8, 4) is 0 Å². The van der Waals surface area contributed by atoms with E-state index in [9.17, 15) is 9.59 Å². The lowest BCUT2D eigenvalue weighted by Gasteiger charge is -2.44. The molecule has 0 bridgehead atoms. The van der Waals surface area contributed by atoms with Gasteiger partial charge in [-0.3, -0.25) is 9.59 Å². The number of rotatable bonds is 3. The molecule has 2 aliphatic rings. The summed E-state index contributed by atoms with van der Waals surface area (Å²) in [6.07, 6.45) is 5.47. The number of likely N-dealkylation sites (tertiary alicyclic amines) is 2. The van der Waals surface area contributed by atoms with E-state index in [0.29, 0.717) is 13.1 Å². The first-order valence-corrected chi connectivity index (χ1v) is 10.9. The summed E-state index contributed by atoms with van der Waals surface area (Å²) < 4.78 is 0. The van der Waals surface area contributed by atoms with Crippen molar-refractivity contribution >= 4 is 11.8 Å². The average molecular weight is 403 g/mol. The highest BCUT2D eigenvalue weighted by atomic mass is 16.2. The van der Waals surface area contributed by atoms with E-state index in [2.05, 4.69) is 23.6 Å². The number of carbonyl (C=O) groups excluding carboxylic acids is 2. The maximum absolute atomic E-state index is 13.8. The predicted molar refractivity (Wildman–Crippen MR) is 119 cm³/mol. The van der Waals surface area contributed by atoms with Crippen molar-refractivity contribution in [3.05, 3.63) is 83.9 Å². The van der Waals surface area contributed by atoms with Gasteiger partial charge in [-0.25, -0.2) is 0 Å². The first-order chi connectivity index (χ1) is 14.5. The fourth-order valence-electron chi connectivity index (χ4n) is 5.29. The lowest BCUT2D eigenvalue weighted by atomic mass is 9.77. The van der Waals surface area contributed by atoms with Crippen LogP contribution in [0.2, 0.25) is 0 Å². The molecule has 0 unspecified atom stereocenters. The van der Waals surface area contributed by atoms with Crippen molar-refractivity contribution in [1.82, 2.24) is 9.80 Å². The fraction of sp³-hybridized carbons (Fsp3) is 0.385. The lowest BCUT2D eigenvalue weighted by molar-refractivity contribution is -0.125. The second-order valence-corrected chi connectivity index (χ2v) is 8.63. The summed E-state index contributed by atoms with van der Waals surface area (Å²) in [5, 5.41) is 0. The second kappa shape index (κ2) is 8.47. The molecule has 0 radical (unpaired) electrons. The average Bonchev–Trinajstić information content (AvgIpc) is 3.03. The highest BCUT2D eigenvalue weighted by Crippen LogP contribution is 2.46. The van der Waals surface area contributed by atoms with E-state index in [0.717, 1.165) is 43.4 Å². The molecule has 2 amide bonds. The molecule has 2 aliphatic heterocycles. The number of nitrogens with zero attached hydrogens (tertiary/aromatic N) is 2. The Kier molecular flexibility index (Phi) is 5.76. The van der Waals surface area contributed by atoms with E-state index in [-0.39, 0.29) is 17.7 Å². The molecule has 4 heteroatoms. The van der Waals surface area contributed by atoms with Crippen LogP contribution in [0.3, 0.4) is 0 Å². The summed E-state index contributed by atoms with van der Waals surface area (Å²) in [6, 6.07) is 18.2. The highest BCUT2D eigenvalue weighted by Gasteiger charge is 2.53. The van der Waals surface area contributed by atoms with E-state index in [1.807, 2.05) is 54.3 Å². The SMILES string of the molecule is C=CC(=O)N1C[C@@H](c2ccccc2)[C@@]2(CCCCCN2C(=O)c2cccc(C)c2)C1. The van der Waals surface area contributed by atoms with E-state index in [4.69, 9.17) is 0 Å². The first-order valence-electron chi connectivity index (χ1n) is 10.9. The third-order valence-corrected chi connectivity index (χ3v) is 6.74. The van der Waals surface area contributed by atoms with Crippen molar-refractivity contribution in [3.63, 3.8) is 0 Å².